The van der Waals surface area contributed by atoms with Crippen molar-refractivity contribution in [3.63, 3.8) is 0 Å². The number of halogens is 1. The molecule has 4 saturated heterocycles. The highest BCUT2D eigenvalue weighted by Crippen LogP contribution is 2.54. The first-order chi connectivity index (χ1) is 55.6. The molecule has 19 atom stereocenters. The van der Waals surface area contributed by atoms with E-state index in [1.54, 1.807) is 167 Å². The first-order valence-electron chi connectivity index (χ1n) is 38.0. The van der Waals surface area contributed by atoms with Crippen molar-refractivity contribution in [2.24, 2.45) is 40.1 Å². The van der Waals surface area contributed by atoms with Crippen LogP contribution in [-0.4, -0.2) is 210 Å². The zero-order chi connectivity index (χ0) is 88.9. The van der Waals surface area contributed by atoms with E-state index in [4.69, 9.17) is 83.0 Å². The van der Waals surface area contributed by atoms with Crippen LogP contribution in [0.5, 0.6) is 17.2 Å². The summed E-state index contributed by atoms with van der Waals surface area (Å²) >= 11 is 0. The standard InChI is InChI=1S/C23H30N5O9P.C23H34N3O9P.C23H32N3O9P.C6H13NO2.ClH/c1-14(2)35-20(31)15(3)13-38(33,37-16-8-6-5-7-9-16)34-12-17-19(30)23(4,26-27-24)21(36-17)28-11-10-18(29)25-22(28)32;2*1-14(2)33-20(29)15(3)13-36(31,35-16-8-6-5-7-9-16)32-12-17-19(28)23(4,24)21(34-17)26-11-10-18(27)25-22(26)30;1-4(2)9-6(8)5(3)7;/h5-11,14-15,17,19,21,30H,12-13H2,1-4H3,(H,25,29,32);5-9,14-15,17,19,21,28H,10-13,24H2,1-4H3,(H,25,27,30);5-11,14-15,17,19,21,28H,12-13,24H2,1-4H3,(H,25,27,30);4-5H,7H2,1-3H3;1H/t15-,17+,19+,21+,23+,38?;2*15-,17+,19+,21+,23+,36?;5-;/m0001./s1. The monoisotopic (exact) mass is 1770 g/mol. The molecule has 41 nitrogen and oxygen atoms in total. The van der Waals surface area contributed by atoms with Crippen LogP contribution in [0.15, 0.2) is 140 Å². The quantitative estimate of drug-likeness (QED) is 0.00544. The number of aromatic amines is 2. The third kappa shape index (κ3) is 28.9. The number of carbonyl (C=O) groups excluding carboxylic acids is 6. The van der Waals surface area contributed by atoms with E-state index in [1.165, 1.54) is 38.8 Å². The van der Waals surface area contributed by atoms with Gasteiger partial charge in [-0.1, -0.05) is 80.5 Å². The Hall–Kier alpha value is -8.95. The van der Waals surface area contributed by atoms with Gasteiger partial charge in [0, 0.05) is 42.4 Å². The predicted molar refractivity (Wildman–Crippen MR) is 435 cm³/mol. The van der Waals surface area contributed by atoms with E-state index >= 15 is 0 Å². The lowest BCUT2D eigenvalue weighted by Gasteiger charge is -2.38. The number of nitrogens with one attached hydrogen (secondary N) is 3. The van der Waals surface area contributed by atoms with Gasteiger partial charge in [-0.15, -0.1) is 12.4 Å². The van der Waals surface area contributed by atoms with E-state index < -0.39 is 191 Å². The molecule has 3 amide bonds. The van der Waals surface area contributed by atoms with Gasteiger partial charge in [0.25, 0.3) is 11.1 Å². The molecule has 5 aromatic rings. The van der Waals surface area contributed by atoms with Crippen LogP contribution in [0.1, 0.15) is 123 Å². The lowest BCUT2D eigenvalue weighted by Crippen LogP contribution is -2.64. The minimum Gasteiger partial charge on any atom is -0.463 e. The Morgan fingerprint density at radius 3 is 1.15 bits per heavy atom. The van der Waals surface area contributed by atoms with Gasteiger partial charge < -0.3 is 79.2 Å². The second-order valence-electron chi connectivity index (χ2n) is 30.3. The van der Waals surface area contributed by atoms with Gasteiger partial charge in [-0.3, -0.25) is 76.5 Å². The molecule has 6 heterocycles. The van der Waals surface area contributed by atoms with Gasteiger partial charge in [-0.05, 0) is 125 Å². The predicted octanol–water partition coefficient (Wildman–Crippen LogP) is 6.44. The maximum atomic E-state index is 13.8. The summed E-state index contributed by atoms with van der Waals surface area (Å²) in [5.74, 6) is -4.19. The fraction of sp³-hybridized carbons (Fsp3) is 0.573. The Kier molecular flexibility index (Phi) is 37.9. The molecule has 0 spiro atoms. The minimum absolute atomic E-state index is 0. The summed E-state index contributed by atoms with van der Waals surface area (Å²) in [5.41, 5.74) is 19.5. The smallest absolute Gasteiger partial charge is 0.380 e. The lowest BCUT2D eigenvalue weighted by molar-refractivity contribution is -0.152. The number of ether oxygens (including phenoxy) is 7. The number of para-hydroxylation sites is 3. The van der Waals surface area contributed by atoms with Gasteiger partial charge in [-0.25, -0.2) is 28.1 Å². The topological polar surface area (TPSA) is 586 Å². The highest BCUT2D eigenvalue weighted by molar-refractivity contribution is 7.55. The summed E-state index contributed by atoms with van der Waals surface area (Å²) < 4.78 is 115. The van der Waals surface area contributed by atoms with Crippen LogP contribution in [0, 0.1) is 17.8 Å². The summed E-state index contributed by atoms with van der Waals surface area (Å²) in [6.45, 7) is 23.1. The number of nitrogens with zero attached hydrogens (tertiary/aromatic N) is 6. The number of rotatable bonds is 33. The SMILES string of the molecule is CC(C)OC(=O)[C@@H](C)CP(=O)(OC[C@H]1O[C@@H](N2CCC(=O)NC2=O)[C@](C)(N)[C@@H]1O)Oc1ccccc1.CC(C)OC(=O)[C@@H](C)CP(=O)(OC[C@H]1O[C@@H](n2ccc(=O)[nH]c2=O)[C@](C)(N)[C@@H]1O)Oc1ccccc1.CC(C)OC(=O)[C@@H](C)CP(=O)(OC[C@H]1O[C@@H](n2ccc(=O)[nH]c2=O)[C@](C)(N=[N+]=[N-])[C@@H]1O)Oc1ccccc1.CC(C)OC(=O)[C@@H](C)N.Cl. The number of hydrogen-bond donors (Lipinski definition) is 9. The largest absolute Gasteiger partial charge is 0.463 e. The van der Waals surface area contributed by atoms with Gasteiger partial charge in [0.1, 0.15) is 59.3 Å². The zero-order valence-corrected chi connectivity index (χ0v) is 72.6. The van der Waals surface area contributed by atoms with Gasteiger partial charge in [0.2, 0.25) is 5.91 Å². The Morgan fingerprint density at radius 2 is 0.833 bits per heavy atom. The van der Waals surface area contributed by atoms with Gasteiger partial charge >= 0.3 is 64.1 Å². The summed E-state index contributed by atoms with van der Waals surface area (Å²) in [6, 6.07) is 25.8. The Bertz CT molecular complexity index is 4690. The van der Waals surface area contributed by atoms with Crippen LogP contribution in [0.4, 0.5) is 4.79 Å². The Balaban J connectivity index is 0.000000303. The number of imide groups is 1. The molecule has 2 aromatic heterocycles. The van der Waals surface area contributed by atoms with E-state index in [2.05, 4.69) is 25.3 Å². The van der Waals surface area contributed by atoms with Crippen molar-refractivity contribution in [2.75, 3.05) is 44.9 Å². The molecule has 45 heteroatoms. The summed E-state index contributed by atoms with van der Waals surface area (Å²) in [4.78, 5) is 127. The molecule has 4 fully saturated rings. The lowest BCUT2D eigenvalue weighted by atomic mass is 9.93. The third-order valence-corrected chi connectivity index (χ3v) is 24.1. The highest BCUT2D eigenvalue weighted by atomic mass is 35.5. The second kappa shape index (κ2) is 44.7. The molecule has 3 aromatic carbocycles. The molecule has 4 aliphatic rings. The van der Waals surface area contributed by atoms with E-state index in [1.807, 2.05) is 0 Å². The molecule has 120 heavy (non-hydrogen) atoms. The van der Waals surface area contributed by atoms with Crippen LogP contribution >= 0.6 is 35.2 Å². The summed E-state index contributed by atoms with van der Waals surface area (Å²) in [7, 11) is -12.0. The van der Waals surface area contributed by atoms with Crippen molar-refractivity contribution in [3.8, 4) is 17.2 Å². The molecule has 0 aliphatic carbocycles. The van der Waals surface area contributed by atoms with Gasteiger partial charge in [0.15, 0.2) is 18.7 Å². The molecule has 0 bridgehead atoms. The number of hydrogen-bond acceptors (Lipinski definition) is 33. The fourth-order valence-electron chi connectivity index (χ4n) is 12.0. The summed E-state index contributed by atoms with van der Waals surface area (Å²) in [5, 5.41) is 38.5. The van der Waals surface area contributed by atoms with Crippen molar-refractivity contribution in [3.05, 3.63) is 168 Å². The first kappa shape index (κ1) is 102. The molecular formula is C75H110ClN12O29P3. The average Bonchev–Trinajstić information content (AvgIpc) is 1.62. The molecular weight excluding hydrogens is 1660 g/mol. The normalized spacial score (nSPS) is 25.6. The van der Waals surface area contributed by atoms with E-state index in [-0.39, 0.29) is 91.5 Å². The molecule has 9 rings (SSSR count). The van der Waals surface area contributed by atoms with E-state index in [9.17, 15) is 77.0 Å². The number of urea groups is 1. The van der Waals surface area contributed by atoms with E-state index in [0.717, 1.165) is 27.5 Å². The van der Waals surface area contributed by atoms with Crippen LogP contribution in [0.25, 0.3) is 10.4 Å². The molecule has 0 radical (unpaired) electrons. The van der Waals surface area contributed by atoms with Crippen molar-refractivity contribution >= 4 is 71.0 Å². The zero-order valence-electron chi connectivity index (χ0n) is 69.1. The molecule has 3 unspecified atom stereocenters. The van der Waals surface area contributed by atoms with Crippen LogP contribution in [0.3, 0.4) is 0 Å². The minimum atomic E-state index is -4.05. The van der Waals surface area contributed by atoms with Crippen molar-refractivity contribution < 1.29 is 118 Å². The van der Waals surface area contributed by atoms with E-state index in [0.29, 0.717) is 0 Å². The number of nitrogens with two attached hydrogens (primary N) is 3. The molecule has 4 aliphatic heterocycles. The summed E-state index contributed by atoms with van der Waals surface area (Å²) in [6.07, 6.45) is -10.8. The third-order valence-electron chi connectivity index (χ3n) is 18.0. The van der Waals surface area contributed by atoms with Crippen molar-refractivity contribution in [1.29, 1.82) is 0 Å². The number of carbonyl (C=O) groups is 6. The first-order valence-corrected chi connectivity index (χ1v) is 43.1. The fourth-order valence-corrected chi connectivity index (χ4v) is 17.6. The number of aromatic nitrogens is 4. The van der Waals surface area contributed by atoms with Crippen molar-refractivity contribution in [1.82, 2.24) is 29.3 Å². The van der Waals surface area contributed by atoms with Crippen LogP contribution in [-0.2, 0) is 84.4 Å². The van der Waals surface area contributed by atoms with Crippen molar-refractivity contribution in [2.45, 2.75) is 213 Å². The molecule has 12 N–H and O–H groups in total. The number of H-pyrrole nitrogens is 2. The van der Waals surface area contributed by atoms with Crippen LogP contribution < -0.4 is 58.6 Å². The average molecular weight is 1770 g/mol. The number of aliphatic hydroxyl groups is 3. The maximum absolute atomic E-state index is 13.8. The molecule has 666 valence electrons. The Morgan fingerprint density at radius 1 is 0.517 bits per heavy atom. The maximum Gasteiger partial charge on any atom is 0.380 e. The number of amides is 3. The van der Waals surface area contributed by atoms with Gasteiger partial charge in [-0.2, -0.15) is 0 Å². The highest BCUT2D eigenvalue weighted by Gasteiger charge is 2.58. The number of azide groups is 1. The second-order valence-corrected chi connectivity index (χ2v) is 36.4. The van der Waals surface area contributed by atoms with Crippen LogP contribution in [0.2, 0.25) is 0 Å². The Labute approximate surface area is 697 Å². The molecule has 0 saturated carbocycles. The number of benzene rings is 3. The number of esters is 4. The number of aliphatic hydroxyl groups excluding tert-OH is 3. The van der Waals surface area contributed by atoms with Gasteiger partial charge in [0.05, 0.1) is 97.7 Å².